The molecule has 0 spiro atoms. The van der Waals surface area contributed by atoms with Crippen LogP contribution in [0.3, 0.4) is 0 Å². The lowest BCUT2D eigenvalue weighted by molar-refractivity contribution is -0.117. The zero-order valence-corrected chi connectivity index (χ0v) is 24.2. The zero-order valence-electron chi connectivity index (χ0n) is 24.2. The number of ether oxygens (including phenoxy) is 2. The van der Waals surface area contributed by atoms with E-state index in [1.807, 2.05) is 10.9 Å². The number of hydrogen-bond acceptors (Lipinski definition) is 7. The summed E-state index contributed by atoms with van der Waals surface area (Å²) in [4.78, 5) is 30.2. The number of nitrogens with two attached hydrogens (primary N) is 1. The van der Waals surface area contributed by atoms with Crippen molar-refractivity contribution in [3.05, 3.63) is 71.3 Å². The van der Waals surface area contributed by atoms with Crippen molar-refractivity contribution in [2.24, 2.45) is 11.7 Å². The minimum Gasteiger partial charge on any atom is -0.494 e. The molecular weight excluding hydrogens is 572 g/mol. The number of carbonyl (C=O) groups is 2. The number of rotatable bonds is 13. The SMILES string of the molecule is COc1cc(C(=O)NC[C@](O)(c2cc(CC(N)=O)c(OCCF)c(-c3ccc(F)cc3)n2)C2CC2)cc2cn(C3CC3)nc12. The van der Waals surface area contributed by atoms with Crippen molar-refractivity contribution in [1.82, 2.24) is 20.1 Å². The fourth-order valence-electron chi connectivity index (χ4n) is 5.49. The summed E-state index contributed by atoms with van der Waals surface area (Å²) in [6.45, 7) is -1.29. The Labute approximate surface area is 252 Å². The van der Waals surface area contributed by atoms with E-state index in [1.165, 1.54) is 37.4 Å². The number of carbonyl (C=O) groups excluding carboxylic acids is 2. The number of pyridine rings is 1. The summed E-state index contributed by atoms with van der Waals surface area (Å²) < 4.78 is 40.0. The van der Waals surface area contributed by atoms with E-state index in [-0.39, 0.29) is 42.6 Å². The second kappa shape index (κ2) is 11.8. The van der Waals surface area contributed by atoms with Gasteiger partial charge < -0.3 is 25.6 Å². The van der Waals surface area contributed by atoms with Crippen molar-refractivity contribution in [3.63, 3.8) is 0 Å². The van der Waals surface area contributed by atoms with Gasteiger partial charge in [0.15, 0.2) is 0 Å². The first kappa shape index (κ1) is 29.5. The molecule has 2 amide bonds. The molecule has 2 aliphatic rings. The molecule has 0 saturated heterocycles. The molecule has 2 aromatic carbocycles. The van der Waals surface area contributed by atoms with Crippen LogP contribution in [-0.2, 0) is 16.8 Å². The fraction of sp³-hybridized carbons (Fsp3) is 0.375. The molecule has 0 radical (unpaired) electrons. The van der Waals surface area contributed by atoms with Crippen molar-refractivity contribution in [2.75, 3.05) is 26.9 Å². The molecule has 0 aliphatic heterocycles. The van der Waals surface area contributed by atoms with Crippen molar-refractivity contribution in [1.29, 1.82) is 0 Å². The number of alkyl halides is 1. The van der Waals surface area contributed by atoms with Crippen LogP contribution in [-0.4, -0.2) is 58.6 Å². The number of nitrogens with zero attached hydrogens (tertiary/aromatic N) is 3. The topological polar surface area (TPSA) is 142 Å². The average Bonchev–Trinajstić information content (AvgIpc) is 3.95. The van der Waals surface area contributed by atoms with Crippen molar-refractivity contribution >= 4 is 22.7 Å². The van der Waals surface area contributed by atoms with E-state index in [1.54, 1.807) is 12.1 Å². The third-order valence-corrected chi connectivity index (χ3v) is 8.06. The standard InChI is InChI=1S/C32H33F2N5O5/c1-43-25-13-20(12-21-16-39(24-8-9-24)38-28(21)25)31(41)36-17-32(42,22-4-5-22)26-14-19(15-27(35)40)30(44-11-10-33)29(37-26)18-2-6-23(34)7-3-18/h2-3,6-7,12-14,16,22,24,42H,4-5,8-11,15,17H2,1H3,(H2,35,40)(H,36,41)/t32-/m1/s1. The first-order valence-electron chi connectivity index (χ1n) is 14.5. The molecule has 44 heavy (non-hydrogen) atoms. The molecule has 1 atom stereocenters. The fourth-order valence-corrected chi connectivity index (χ4v) is 5.49. The molecule has 2 fully saturated rings. The van der Waals surface area contributed by atoms with E-state index >= 15 is 0 Å². The maximum absolute atomic E-state index is 13.8. The molecule has 230 valence electrons. The highest BCUT2D eigenvalue weighted by atomic mass is 19.1. The number of benzene rings is 2. The third kappa shape index (κ3) is 5.94. The Morgan fingerprint density at radius 3 is 2.55 bits per heavy atom. The van der Waals surface area contributed by atoms with E-state index in [2.05, 4.69) is 10.4 Å². The van der Waals surface area contributed by atoms with Gasteiger partial charge in [-0.15, -0.1) is 0 Å². The van der Waals surface area contributed by atoms with Gasteiger partial charge in [-0.1, -0.05) is 0 Å². The second-order valence-electron chi connectivity index (χ2n) is 11.4. The molecule has 4 N–H and O–H groups in total. The van der Waals surface area contributed by atoms with Gasteiger partial charge in [0.05, 0.1) is 31.8 Å². The molecule has 10 nitrogen and oxygen atoms in total. The normalized spacial score (nSPS) is 16.0. The quantitative estimate of drug-likeness (QED) is 0.209. The van der Waals surface area contributed by atoms with Gasteiger partial charge in [-0.2, -0.15) is 5.10 Å². The van der Waals surface area contributed by atoms with Crippen molar-refractivity contribution in [2.45, 2.75) is 43.7 Å². The van der Waals surface area contributed by atoms with Crippen LogP contribution in [0, 0.1) is 11.7 Å². The predicted octanol–water partition coefficient (Wildman–Crippen LogP) is 3.98. The number of fused-ring (bicyclic) bond motifs is 1. The largest absolute Gasteiger partial charge is 0.494 e. The van der Waals surface area contributed by atoms with E-state index in [9.17, 15) is 23.5 Å². The van der Waals surface area contributed by atoms with Gasteiger partial charge in [-0.3, -0.25) is 14.3 Å². The molecule has 6 rings (SSSR count). The van der Waals surface area contributed by atoms with Crippen LogP contribution in [0.4, 0.5) is 8.78 Å². The molecule has 2 aliphatic carbocycles. The predicted molar refractivity (Wildman–Crippen MR) is 158 cm³/mol. The number of halogens is 2. The number of aromatic nitrogens is 3. The van der Waals surface area contributed by atoms with Gasteiger partial charge in [0.25, 0.3) is 5.91 Å². The molecule has 12 heteroatoms. The Bertz CT molecular complexity index is 1720. The van der Waals surface area contributed by atoms with Crippen LogP contribution >= 0.6 is 0 Å². The summed E-state index contributed by atoms with van der Waals surface area (Å²) in [5.74, 6) is -1.22. The van der Waals surface area contributed by atoms with Gasteiger partial charge in [-0.05, 0) is 74.1 Å². The Kier molecular flexibility index (Phi) is 7.93. The Morgan fingerprint density at radius 1 is 1.16 bits per heavy atom. The molecule has 2 saturated carbocycles. The molecule has 2 aromatic heterocycles. The zero-order chi connectivity index (χ0) is 31.0. The van der Waals surface area contributed by atoms with Gasteiger partial charge in [0.1, 0.15) is 47.4 Å². The monoisotopic (exact) mass is 605 g/mol. The lowest BCUT2D eigenvalue weighted by atomic mass is 9.90. The van der Waals surface area contributed by atoms with E-state index in [0.29, 0.717) is 46.8 Å². The maximum atomic E-state index is 13.8. The number of primary amides is 1. The van der Waals surface area contributed by atoms with Gasteiger partial charge >= 0.3 is 0 Å². The van der Waals surface area contributed by atoms with Crippen LogP contribution in [0.25, 0.3) is 22.2 Å². The number of hydrogen-bond donors (Lipinski definition) is 3. The third-order valence-electron chi connectivity index (χ3n) is 8.06. The first-order valence-corrected chi connectivity index (χ1v) is 14.5. The van der Waals surface area contributed by atoms with Crippen molar-refractivity contribution < 1.29 is 33.0 Å². The number of nitrogens with one attached hydrogen (secondary N) is 1. The lowest BCUT2D eigenvalue weighted by Gasteiger charge is -2.30. The molecule has 0 unspecified atom stereocenters. The molecule has 4 aromatic rings. The smallest absolute Gasteiger partial charge is 0.251 e. The van der Waals surface area contributed by atoms with Crippen LogP contribution < -0.4 is 20.5 Å². The Hall–Kier alpha value is -4.58. The maximum Gasteiger partial charge on any atom is 0.251 e. The Morgan fingerprint density at radius 2 is 1.91 bits per heavy atom. The van der Waals surface area contributed by atoms with Crippen LogP contribution in [0.1, 0.15) is 53.3 Å². The lowest BCUT2D eigenvalue weighted by Crippen LogP contribution is -2.43. The van der Waals surface area contributed by atoms with Gasteiger partial charge in [0, 0.05) is 28.3 Å². The summed E-state index contributed by atoms with van der Waals surface area (Å²) in [6.07, 6.45) is 5.12. The van der Waals surface area contributed by atoms with Crippen LogP contribution in [0.5, 0.6) is 11.5 Å². The summed E-state index contributed by atoms with van der Waals surface area (Å²) in [7, 11) is 1.52. The first-order chi connectivity index (χ1) is 21.2. The number of amides is 2. The van der Waals surface area contributed by atoms with Crippen molar-refractivity contribution in [3.8, 4) is 22.8 Å². The minimum atomic E-state index is -1.62. The van der Waals surface area contributed by atoms with E-state index in [0.717, 1.165) is 18.2 Å². The highest BCUT2D eigenvalue weighted by Gasteiger charge is 2.47. The van der Waals surface area contributed by atoms with Gasteiger partial charge in [0.2, 0.25) is 5.91 Å². The molecule has 0 bridgehead atoms. The summed E-state index contributed by atoms with van der Waals surface area (Å²) in [5, 5.41) is 20.4. The molecular formula is C32H33F2N5O5. The summed E-state index contributed by atoms with van der Waals surface area (Å²) in [6, 6.07) is 10.7. The molecule has 2 heterocycles. The summed E-state index contributed by atoms with van der Waals surface area (Å²) in [5.41, 5.74) is 6.02. The number of aliphatic hydroxyl groups is 1. The minimum absolute atomic E-state index is 0.117. The average molecular weight is 606 g/mol. The van der Waals surface area contributed by atoms with Crippen LogP contribution in [0.2, 0.25) is 0 Å². The second-order valence-corrected chi connectivity index (χ2v) is 11.4. The number of methoxy groups -OCH3 is 1. The van der Waals surface area contributed by atoms with Gasteiger partial charge in [-0.25, -0.2) is 13.8 Å². The van der Waals surface area contributed by atoms with E-state index in [4.69, 9.17) is 20.2 Å². The Balaban J connectivity index is 1.35. The highest BCUT2D eigenvalue weighted by Crippen LogP contribution is 2.47. The van der Waals surface area contributed by atoms with E-state index < -0.39 is 29.9 Å². The summed E-state index contributed by atoms with van der Waals surface area (Å²) >= 11 is 0. The van der Waals surface area contributed by atoms with Crippen LogP contribution in [0.15, 0.2) is 48.7 Å². The highest BCUT2D eigenvalue weighted by molar-refractivity contribution is 6.00.